The molecule has 162 valence electrons. The maximum absolute atomic E-state index is 12.1. The fourth-order valence-electron chi connectivity index (χ4n) is 5.57. The van der Waals surface area contributed by atoms with E-state index < -0.39 is 6.43 Å². The monoisotopic (exact) mass is 404 g/mol. The lowest BCUT2D eigenvalue weighted by Crippen LogP contribution is -2.25. The second-order valence-electron chi connectivity index (χ2n) is 9.24. The Morgan fingerprint density at radius 1 is 0.897 bits per heavy atom. The van der Waals surface area contributed by atoms with Crippen LogP contribution in [0.15, 0.2) is 36.4 Å². The number of halogens is 2. The third-order valence-electron chi connectivity index (χ3n) is 7.31. The van der Waals surface area contributed by atoms with E-state index in [2.05, 4.69) is 24.3 Å². The summed E-state index contributed by atoms with van der Waals surface area (Å²) in [5, 5.41) is 0. The average molecular weight is 405 g/mol. The van der Waals surface area contributed by atoms with Gasteiger partial charge < -0.3 is 4.74 Å². The quantitative estimate of drug-likeness (QED) is 0.380. The molecule has 0 aliphatic heterocycles. The Morgan fingerprint density at radius 3 is 2.10 bits per heavy atom. The molecule has 3 heteroatoms. The van der Waals surface area contributed by atoms with Crippen LogP contribution >= 0.6 is 0 Å². The Balaban J connectivity index is 1.35. The highest BCUT2D eigenvalue weighted by Gasteiger charge is 2.31. The molecular weight excluding hydrogens is 366 g/mol. The number of ether oxygens (including phenoxy) is 1. The van der Waals surface area contributed by atoms with Crippen molar-refractivity contribution in [3.63, 3.8) is 0 Å². The predicted octanol–water partition coefficient (Wildman–Crippen LogP) is 7.90. The number of hydrogen-bond donors (Lipinski definition) is 0. The first-order valence-electron chi connectivity index (χ1n) is 11.7. The van der Waals surface area contributed by atoms with Crippen molar-refractivity contribution in [2.24, 2.45) is 17.8 Å². The van der Waals surface area contributed by atoms with Gasteiger partial charge in [0, 0.05) is 13.5 Å². The van der Waals surface area contributed by atoms with Gasteiger partial charge in [0.05, 0.1) is 6.61 Å². The van der Waals surface area contributed by atoms with Crippen LogP contribution < -0.4 is 0 Å². The van der Waals surface area contributed by atoms with Crippen molar-refractivity contribution in [1.29, 1.82) is 0 Å². The third-order valence-corrected chi connectivity index (χ3v) is 7.31. The average Bonchev–Trinajstić information content (AvgIpc) is 2.75. The Hall–Kier alpha value is -1.22. The smallest absolute Gasteiger partial charge is 0.242 e. The van der Waals surface area contributed by atoms with Crippen LogP contribution in [0.5, 0.6) is 0 Å². The van der Waals surface area contributed by atoms with Gasteiger partial charge in [0.2, 0.25) is 6.43 Å². The van der Waals surface area contributed by atoms with E-state index >= 15 is 0 Å². The lowest BCUT2D eigenvalue weighted by molar-refractivity contribution is 0.152. The number of hydrogen-bond acceptors (Lipinski definition) is 1. The van der Waals surface area contributed by atoms with Crippen LogP contribution in [0, 0.1) is 17.8 Å². The third kappa shape index (κ3) is 7.20. The Morgan fingerprint density at radius 2 is 1.52 bits per heavy atom. The number of rotatable bonds is 9. The molecule has 2 aliphatic carbocycles. The largest absolute Gasteiger partial charge is 0.380 e. The zero-order valence-electron chi connectivity index (χ0n) is 18.0. The van der Waals surface area contributed by atoms with E-state index in [1.165, 1.54) is 68.9 Å². The van der Waals surface area contributed by atoms with E-state index in [4.69, 9.17) is 4.74 Å². The summed E-state index contributed by atoms with van der Waals surface area (Å²) in [6.07, 6.45) is 14.4. The molecule has 1 aromatic rings. The Kier molecular flexibility index (Phi) is 9.17. The summed E-state index contributed by atoms with van der Waals surface area (Å²) in [4.78, 5) is 0. The number of alkyl halides is 2. The van der Waals surface area contributed by atoms with Gasteiger partial charge in [-0.2, -0.15) is 0 Å². The van der Waals surface area contributed by atoms with E-state index in [0.717, 1.165) is 30.1 Å². The molecule has 2 fully saturated rings. The number of allylic oxidation sites excluding steroid dienone is 2. The van der Waals surface area contributed by atoms with Crippen molar-refractivity contribution in [2.45, 2.75) is 89.6 Å². The summed E-state index contributed by atoms with van der Waals surface area (Å²) < 4.78 is 29.5. The minimum atomic E-state index is -2.20. The molecule has 1 aromatic carbocycles. The summed E-state index contributed by atoms with van der Waals surface area (Å²) in [5.74, 6) is 3.39. The number of benzene rings is 1. The Bertz CT molecular complexity index is 594. The lowest BCUT2D eigenvalue weighted by Gasteiger charge is -2.38. The first kappa shape index (κ1) is 22.5. The van der Waals surface area contributed by atoms with Gasteiger partial charge in [-0.1, -0.05) is 49.3 Å². The Labute approximate surface area is 175 Å². The molecule has 0 unspecified atom stereocenters. The molecule has 0 spiro atoms. The van der Waals surface area contributed by atoms with Gasteiger partial charge in [-0.05, 0) is 86.2 Å². The highest BCUT2D eigenvalue weighted by molar-refractivity contribution is 5.25. The molecule has 0 heterocycles. The molecule has 0 saturated heterocycles. The SMILES string of the molecule is COCc1ccc([C@H]2CC[C@H]([C@H]3CC[C@H](CCC=CCC(F)F)CC3)CC2)cc1. The molecule has 2 saturated carbocycles. The molecule has 0 aromatic heterocycles. The van der Waals surface area contributed by atoms with E-state index in [9.17, 15) is 8.78 Å². The second kappa shape index (κ2) is 11.8. The molecule has 3 rings (SSSR count). The van der Waals surface area contributed by atoms with Crippen molar-refractivity contribution in [1.82, 2.24) is 0 Å². The minimum Gasteiger partial charge on any atom is -0.380 e. The van der Waals surface area contributed by atoms with Gasteiger partial charge in [0.1, 0.15) is 0 Å². The standard InChI is InChI=1S/C26H38F2O/c1-29-19-21-9-13-23(14-10-21)25-17-15-24(16-18-25)22-11-7-20(8-12-22)5-3-2-4-6-26(27)28/h2,4,9-10,13-14,20,22,24-26H,3,5-8,11-12,15-19H2,1H3/t20-,22-,24-,25-. The maximum atomic E-state index is 12.1. The predicted molar refractivity (Wildman–Crippen MR) is 116 cm³/mol. The fraction of sp³-hybridized carbons (Fsp3) is 0.692. The van der Waals surface area contributed by atoms with E-state index in [-0.39, 0.29) is 6.42 Å². The summed E-state index contributed by atoms with van der Waals surface area (Å²) in [6, 6.07) is 9.05. The van der Waals surface area contributed by atoms with Crippen molar-refractivity contribution < 1.29 is 13.5 Å². The van der Waals surface area contributed by atoms with Crippen LogP contribution in [0.1, 0.15) is 87.7 Å². The summed E-state index contributed by atoms with van der Waals surface area (Å²) in [5.41, 5.74) is 2.76. The fourth-order valence-corrected chi connectivity index (χ4v) is 5.57. The van der Waals surface area contributed by atoms with E-state index in [1.54, 1.807) is 13.2 Å². The van der Waals surface area contributed by atoms with Crippen molar-refractivity contribution in [3.8, 4) is 0 Å². The zero-order chi connectivity index (χ0) is 20.5. The molecule has 1 nitrogen and oxygen atoms in total. The maximum Gasteiger partial charge on any atom is 0.242 e. The van der Waals surface area contributed by atoms with Gasteiger partial charge in [-0.25, -0.2) is 8.78 Å². The van der Waals surface area contributed by atoms with Gasteiger partial charge in [-0.15, -0.1) is 0 Å². The van der Waals surface area contributed by atoms with Crippen LogP contribution in [0.2, 0.25) is 0 Å². The molecule has 0 N–H and O–H groups in total. The highest BCUT2D eigenvalue weighted by atomic mass is 19.3. The van der Waals surface area contributed by atoms with Crippen LogP contribution in [-0.4, -0.2) is 13.5 Å². The molecule has 0 amide bonds. The van der Waals surface area contributed by atoms with Crippen molar-refractivity contribution in [3.05, 3.63) is 47.5 Å². The number of methoxy groups -OCH3 is 1. The van der Waals surface area contributed by atoms with Crippen molar-refractivity contribution in [2.75, 3.05) is 7.11 Å². The lowest BCUT2D eigenvalue weighted by atomic mass is 9.68. The van der Waals surface area contributed by atoms with E-state index in [1.807, 2.05) is 6.08 Å². The van der Waals surface area contributed by atoms with Crippen LogP contribution in [0.25, 0.3) is 0 Å². The van der Waals surface area contributed by atoms with Crippen LogP contribution in [0.3, 0.4) is 0 Å². The zero-order valence-corrected chi connectivity index (χ0v) is 18.0. The summed E-state index contributed by atoms with van der Waals surface area (Å²) >= 11 is 0. The van der Waals surface area contributed by atoms with Gasteiger partial charge in [-0.3, -0.25) is 0 Å². The first-order chi connectivity index (χ1) is 14.2. The van der Waals surface area contributed by atoms with Gasteiger partial charge in [0.15, 0.2) is 0 Å². The highest BCUT2D eigenvalue weighted by Crippen LogP contribution is 2.44. The molecular formula is C26H38F2O. The molecule has 2 aliphatic rings. The first-order valence-corrected chi connectivity index (χ1v) is 11.7. The topological polar surface area (TPSA) is 9.23 Å². The van der Waals surface area contributed by atoms with E-state index in [0.29, 0.717) is 6.61 Å². The molecule has 0 atom stereocenters. The molecule has 29 heavy (non-hydrogen) atoms. The van der Waals surface area contributed by atoms with Crippen LogP contribution in [0.4, 0.5) is 8.78 Å². The molecule has 0 radical (unpaired) electrons. The van der Waals surface area contributed by atoms with Gasteiger partial charge in [0.25, 0.3) is 0 Å². The minimum absolute atomic E-state index is 0.0906. The van der Waals surface area contributed by atoms with Crippen molar-refractivity contribution >= 4 is 0 Å². The van der Waals surface area contributed by atoms with Crippen LogP contribution in [-0.2, 0) is 11.3 Å². The normalized spacial score (nSPS) is 28.3. The summed E-state index contributed by atoms with van der Waals surface area (Å²) in [7, 11) is 1.75. The molecule has 0 bridgehead atoms. The second-order valence-corrected chi connectivity index (χ2v) is 9.24. The van der Waals surface area contributed by atoms with Gasteiger partial charge >= 0.3 is 0 Å². The summed E-state index contributed by atoms with van der Waals surface area (Å²) in [6.45, 7) is 0.696.